The van der Waals surface area contributed by atoms with Gasteiger partial charge in [-0.25, -0.2) is 9.48 Å². The van der Waals surface area contributed by atoms with Crippen LogP contribution in [-0.2, 0) is 16.1 Å². The Morgan fingerprint density at radius 2 is 1.74 bits per heavy atom. The number of carbonyl (C=O) groups is 2. The number of hydrogen-bond acceptors (Lipinski definition) is 6. The average molecular weight is 423 g/mol. The van der Waals surface area contributed by atoms with Crippen LogP contribution in [0.4, 0.5) is 0 Å². The lowest BCUT2D eigenvalue weighted by Crippen LogP contribution is -2.35. The molecular formula is C23H25N3O5. The van der Waals surface area contributed by atoms with E-state index in [0.717, 1.165) is 16.9 Å². The standard InChI is InChI=1S/C23H25N3O5/c1-15-11-12-25-26(15)19-8-6-18(7-9-19)23(28)31-16(2)22(27)24-14-17-5-10-20(29-3)21(13-17)30-4/h5-13,16H,14H2,1-4H3,(H,24,27)/t16-/m0/s1. The number of rotatable bonds is 8. The maximum atomic E-state index is 12.4. The Labute approximate surface area is 180 Å². The monoisotopic (exact) mass is 423 g/mol. The van der Waals surface area contributed by atoms with Gasteiger partial charge in [0.05, 0.1) is 25.5 Å². The zero-order chi connectivity index (χ0) is 22.4. The lowest BCUT2D eigenvalue weighted by atomic mass is 10.2. The van der Waals surface area contributed by atoms with Gasteiger partial charge in [0.15, 0.2) is 17.6 Å². The molecule has 0 saturated heterocycles. The van der Waals surface area contributed by atoms with Crippen molar-refractivity contribution < 1.29 is 23.8 Å². The molecule has 2 aromatic carbocycles. The molecule has 1 amide bonds. The van der Waals surface area contributed by atoms with Crippen LogP contribution >= 0.6 is 0 Å². The summed E-state index contributed by atoms with van der Waals surface area (Å²) in [6.07, 6.45) is 0.764. The number of methoxy groups -OCH3 is 2. The van der Waals surface area contributed by atoms with Crippen LogP contribution in [0.25, 0.3) is 5.69 Å². The minimum absolute atomic E-state index is 0.263. The molecule has 0 aliphatic rings. The van der Waals surface area contributed by atoms with Crippen LogP contribution in [0.3, 0.4) is 0 Å². The number of ether oxygens (including phenoxy) is 3. The molecule has 0 aliphatic carbocycles. The number of benzene rings is 2. The molecular weight excluding hydrogens is 398 g/mol. The van der Waals surface area contributed by atoms with E-state index in [1.807, 2.05) is 19.1 Å². The second-order valence-corrected chi connectivity index (χ2v) is 6.89. The van der Waals surface area contributed by atoms with Crippen LogP contribution in [0.1, 0.15) is 28.5 Å². The summed E-state index contributed by atoms with van der Waals surface area (Å²) in [6.45, 7) is 3.74. The van der Waals surface area contributed by atoms with Gasteiger partial charge in [-0.2, -0.15) is 5.10 Å². The zero-order valence-electron chi connectivity index (χ0n) is 17.9. The second-order valence-electron chi connectivity index (χ2n) is 6.89. The van der Waals surface area contributed by atoms with Crippen LogP contribution in [0, 0.1) is 6.92 Å². The van der Waals surface area contributed by atoms with Crippen molar-refractivity contribution in [1.82, 2.24) is 15.1 Å². The maximum Gasteiger partial charge on any atom is 0.338 e. The van der Waals surface area contributed by atoms with Crippen molar-refractivity contribution in [3.63, 3.8) is 0 Å². The Bertz CT molecular complexity index is 1060. The summed E-state index contributed by atoms with van der Waals surface area (Å²) >= 11 is 0. The van der Waals surface area contributed by atoms with Crippen molar-refractivity contribution in [1.29, 1.82) is 0 Å². The molecule has 1 N–H and O–H groups in total. The Hall–Kier alpha value is -3.81. The number of aryl methyl sites for hydroxylation is 1. The number of nitrogens with zero attached hydrogens (tertiary/aromatic N) is 2. The summed E-state index contributed by atoms with van der Waals surface area (Å²) in [4.78, 5) is 24.7. The van der Waals surface area contributed by atoms with E-state index in [1.54, 1.807) is 61.5 Å². The first kappa shape index (κ1) is 21.9. The molecule has 31 heavy (non-hydrogen) atoms. The molecule has 3 aromatic rings. The van der Waals surface area contributed by atoms with E-state index in [2.05, 4.69) is 10.4 Å². The molecule has 8 heteroatoms. The van der Waals surface area contributed by atoms with E-state index < -0.39 is 18.0 Å². The first-order valence-electron chi connectivity index (χ1n) is 9.73. The minimum atomic E-state index is -0.944. The van der Waals surface area contributed by atoms with Gasteiger partial charge in [-0.1, -0.05) is 6.07 Å². The van der Waals surface area contributed by atoms with E-state index in [4.69, 9.17) is 14.2 Å². The third-order valence-corrected chi connectivity index (χ3v) is 4.75. The highest BCUT2D eigenvalue weighted by atomic mass is 16.5. The lowest BCUT2D eigenvalue weighted by molar-refractivity contribution is -0.129. The molecule has 0 fully saturated rings. The number of amides is 1. The molecule has 1 atom stereocenters. The molecule has 1 aromatic heterocycles. The van der Waals surface area contributed by atoms with E-state index in [-0.39, 0.29) is 6.54 Å². The van der Waals surface area contributed by atoms with Crippen LogP contribution < -0.4 is 14.8 Å². The topological polar surface area (TPSA) is 91.7 Å². The van der Waals surface area contributed by atoms with Crippen molar-refractivity contribution in [3.8, 4) is 17.2 Å². The van der Waals surface area contributed by atoms with Crippen molar-refractivity contribution >= 4 is 11.9 Å². The predicted molar refractivity (Wildman–Crippen MR) is 115 cm³/mol. The fourth-order valence-corrected chi connectivity index (χ4v) is 2.98. The highest BCUT2D eigenvalue weighted by Crippen LogP contribution is 2.27. The summed E-state index contributed by atoms with van der Waals surface area (Å²) in [5, 5.41) is 6.98. The summed E-state index contributed by atoms with van der Waals surface area (Å²) < 4.78 is 17.5. The van der Waals surface area contributed by atoms with E-state index in [0.29, 0.717) is 17.1 Å². The molecule has 0 spiro atoms. The van der Waals surface area contributed by atoms with E-state index in [1.165, 1.54) is 6.92 Å². The maximum absolute atomic E-state index is 12.4. The molecule has 0 bridgehead atoms. The average Bonchev–Trinajstić information content (AvgIpc) is 3.22. The van der Waals surface area contributed by atoms with Crippen LogP contribution in [-0.4, -0.2) is 42.0 Å². The lowest BCUT2D eigenvalue weighted by Gasteiger charge is -2.14. The van der Waals surface area contributed by atoms with Gasteiger partial charge >= 0.3 is 5.97 Å². The van der Waals surface area contributed by atoms with Gasteiger partial charge in [0.1, 0.15) is 0 Å². The van der Waals surface area contributed by atoms with Crippen molar-refractivity contribution in [2.45, 2.75) is 26.5 Å². The third kappa shape index (κ3) is 5.22. The predicted octanol–water partition coefficient (Wildman–Crippen LogP) is 3.06. The highest BCUT2D eigenvalue weighted by molar-refractivity contribution is 5.92. The Kier molecular flexibility index (Phi) is 6.92. The van der Waals surface area contributed by atoms with Crippen LogP contribution in [0.2, 0.25) is 0 Å². The van der Waals surface area contributed by atoms with Gasteiger partial charge in [-0.3, -0.25) is 4.79 Å². The Morgan fingerprint density at radius 1 is 1.03 bits per heavy atom. The summed E-state index contributed by atoms with van der Waals surface area (Å²) in [5.74, 6) is 0.209. The SMILES string of the molecule is COc1ccc(CNC(=O)[C@H](C)OC(=O)c2ccc(-n3nccc3C)cc2)cc1OC. The van der Waals surface area contributed by atoms with Crippen LogP contribution in [0.15, 0.2) is 54.7 Å². The smallest absolute Gasteiger partial charge is 0.338 e. The van der Waals surface area contributed by atoms with Gasteiger partial charge in [-0.05, 0) is 61.9 Å². The summed E-state index contributed by atoms with van der Waals surface area (Å²) in [5.41, 5.74) is 3.00. The van der Waals surface area contributed by atoms with E-state index >= 15 is 0 Å². The fraction of sp³-hybridized carbons (Fsp3) is 0.261. The van der Waals surface area contributed by atoms with Crippen LogP contribution in [0.5, 0.6) is 11.5 Å². The largest absolute Gasteiger partial charge is 0.493 e. The van der Waals surface area contributed by atoms with Gasteiger partial charge in [0.25, 0.3) is 5.91 Å². The molecule has 3 rings (SSSR count). The normalized spacial score (nSPS) is 11.5. The summed E-state index contributed by atoms with van der Waals surface area (Å²) in [6, 6.07) is 14.1. The Balaban J connectivity index is 1.55. The van der Waals surface area contributed by atoms with E-state index in [9.17, 15) is 9.59 Å². The first-order valence-corrected chi connectivity index (χ1v) is 9.73. The highest BCUT2D eigenvalue weighted by Gasteiger charge is 2.19. The molecule has 1 heterocycles. The quantitative estimate of drug-likeness (QED) is 0.560. The molecule has 8 nitrogen and oxygen atoms in total. The number of nitrogens with one attached hydrogen (secondary N) is 1. The van der Waals surface area contributed by atoms with Gasteiger partial charge in [0, 0.05) is 18.4 Å². The molecule has 162 valence electrons. The summed E-state index contributed by atoms with van der Waals surface area (Å²) in [7, 11) is 3.10. The first-order chi connectivity index (χ1) is 14.9. The molecule has 0 saturated carbocycles. The van der Waals surface area contributed by atoms with Gasteiger partial charge < -0.3 is 19.5 Å². The zero-order valence-corrected chi connectivity index (χ0v) is 17.9. The number of hydrogen-bond donors (Lipinski definition) is 1. The molecule has 0 unspecified atom stereocenters. The van der Waals surface area contributed by atoms with Gasteiger partial charge in [-0.15, -0.1) is 0 Å². The van der Waals surface area contributed by atoms with Crippen molar-refractivity contribution in [2.75, 3.05) is 14.2 Å². The van der Waals surface area contributed by atoms with Crippen molar-refractivity contribution in [3.05, 3.63) is 71.5 Å². The molecule has 0 aliphatic heterocycles. The minimum Gasteiger partial charge on any atom is -0.493 e. The Morgan fingerprint density at radius 3 is 2.35 bits per heavy atom. The third-order valence-electron chi connectivity index (χ3n) is 4.75. The molecule has 0 radical (unpaired) electrons. The van der Waals surface area contributed by atoms with Crippen molar-refractivity contribution in [2.24, 2.45) is 0 Å². The fourth-order valence-electron chi connectivity index (χ4n) is 2.98. The number of aromatic nitrogens is 2. The number of carbonyl (C=O) groups excluding carboxylic acids is 2. The second kappa shape index (κ2) is 9.80. The number of esters is 1. The van der Waals surface area contributed by atoms with Gasteiger partial charge in [0.2, 0.25) is 0 Å².